The first-order valence-corrected chi connectivity index (χ1v) is 7.77. The molecule has 1 aromatic rings. The fraction of sp³-hybridized carbons (Fsp3) is 0.438. The zero-order chi connectivity index (χ0) is 17.7. The van der Waals surface area contributed by atoms with Crippen molar-refractivity contribution in [3.8, 4) is 0 Å². The summed E-state index contributed by atoms with van der Waals surface area (Å²) in [6.07, 6.45) is 1.20. The van der Waals surface area contributed by atoms with Crippen LogP contribution in [0.2, 0.25) is 0 Å². The van der Waals surface area contributed by atoms with Gasteiger partial charge in [-0.3, -0.25) is 19.8 Å². The molecule has 1 aliphatic heterocycles. The van der Waals surface area contributed by atoms with Gasteiger partial charge in [-0.15, -0.1) is 0 Å². The fourth-order valence-corrected chi connectivity index (χ4v) is 2.72. The molecule has 0 bridgehead atoms. The molecule has 1 fully saturated rings. The molecule has 130 valence electrons. The number of rotatable bonds is 4. The van der Waals surface area contributed by atoms with Crippen LogP contribution in [0.25, 0.3) is 0 Å². The quantitative estimate of drug-likeness (QED) is 0.764. The van der Waals surface area contributed by atoms with Gasteiger partial charge in [0.25, 0.3) is 0 Å². The van der Waals surface area contributed by atoms with E-state index >= 15 is 0 Å². The van der Waals surface area contributed by atoms with Crippen LogP contribution in [0.3, 0.4) is 0 Å². The standard InChI is InChI=1S/C16H21FN4O3/c1-10(14(22)20-16(18)24)21-8-6-11(7-9-21)15(23)19-13-4-2-12(17)3-5-13/h2-5,10-11H,6-9H2,1H3,(H,19,23)(H3,18,20,22,24). The van der Waals surface area contributed by atoms with Crippen LogP contribution in [0.15, 0.2) is 24.3 Å². The first-order chi connectivity index (χ1) is 11.4. The number of amides is 4. The third kappa shape index (κ3) is 4.76. The van der Waals surface area contributed by atoms with Crippen molar-refractivity contribution in [3.63, 3.8) is 0 Å². The molecule has 1 heterocycles. The van der Waals surface area contributed by atoms with E-state index in [0.29, 0.717) is 31.6 Å². The number of hydrogen-bond donors (Lipinski definition) is 3. The lowest BCUT2D eigenvalue weighted by atomic mass is 9.94. The van der Waals surface area contributed by atoms with E-state index in [0.717, 1.165) is 0 Å². The molecule has 2 rings (SSSR count). The molecule has 1 unspecified atom stereocenters. The Morgan fingerprint density at radius 3 is 2.33 bits per heavy atom. The summed E-state index contributed by atoms with van der Waals surface area (Å²) in [5, 5.41) is 4.83. The normalized spacial score (nSPS) is 17.1. The van der Waals surface area contributed by atoms with Gasteiger partial charge in [0, 0.05) is 11.6 Å². The highest BCUT2D eigenvalue weighted by Gasteiger charge is 2.30. The summed E-state index contributed by atoms with van der Waals surface area (Å²) in [6, 6.07) is 4.24. The van der Waals surface area contributed by atoms with Gasteiger partial charge in [0.2, 0.25) is 11.8 Å². The number of carbonyl (C=O) groups excluding carboxylic acids is 3. The van der Waals surface area contributed by atoms with Crippen LogP contribution < -0.4 is 16.4 Å². The molecule has 0 saturated carbocycles. The number of anilines is 1. The molecule has 4 N–H and O–H groups in total. The average Bonchev–Trinajstić information content (AvgIpc) is 2.55. The lowest BCUT2D eigenvalue weighted by Crippen LogP contribution is -2.51. The number of imide groups is 1. The largest absolute Gasteiger partial charge is 0.351 e. The molecule has 8 heteroatoms. The summed E-state index contributed by atoms with van der Waals surface area (Å²) >= 11 is 0. The minimum absolute atomic E-state index is 0.115. The summed E-state index contributed by atoms with van der Waals surface area (Å²) < 4.78 is 12.9. The van der Waals surface area contributed by atoms with Gasteiger partial charge in [0.15, 0.2) is 0 Å². The molecular formula is C16H21FN4O3. The van der Waals surface area contributed by atoms with Gasteiger partial charge in [-0.1, -0.05) is 0 Å². The molecule has 0 aliphatic carbocycles. The van der Waals surface area contributed by atoms with E-state index in [4.69, 9.17) is 5.73 Å². The molecule has 0 radical (unpaired) electrons. The van der Waals surface area contributed by atoms with E-state index in [1.54, 1.807) is 6.92 Å². The maximum Gasteiger partial charge on any atom is 0.318 e. The van der Waals surface area contributed by atoms with Crippen molar-refractivity contribution in [1.82, 2.24) is 10.2 Å². The summed E-state index contributed by atoms with van der Waals surface area (Å²) in [4.78, 5) is 36.6. The van der Waals surface area contributed by atoms with Crippen LogP contribution in [-0.2, 0) is 9.59 Å². The summed E-state index contributed by atoms with van der Waals surface area (Å²) in [6.45, 7) is 2.82. The SMILES string of the molecule is CC(C(=O)NC(N)=O)N1CCC(C(=O)Nc2ccc(F)cc2)CC1. The van der Waals surface area contributed by atoms with E-state index in [9.17, 15) is 18.8 Å². The first-order valence-electron chi connectivity index (χ1n) is 7.77. The minimum atomic E-state index is -0.875. The van der Waals surface area contributed by atoms with Crippen molar-refractivity contribution >= 4 is 23.5 Å². The van der Waals surface area contributed by atoms with Crippen LogP contribution in [0.4, 0.5) is 14.9 Å². The maximum absolute atomic E-state index is 12.9. The molecule has 24 heavy (non-hydrogen) atoms. The zero-order valence-corrected chi connectivity index (χ0v) is 13.4. The number of nitrogens with zero attached hydrogens (tertiary/aromatic N) is 1. The topological polar surface area (TPSA) is 105 Å². The molecule has 1 aromatic carbocycles. The predicted octanol–water partition coefficient (Wildman–Crippen LogP) is 1.06. The maximum atomic E-state index is 12.9. The lowest BCUT2D eigenvalue weighted by Gasteiger charge is -2.34. The van der Waals surface area contributed by atoms with Crippen LogP contribution >= 0.6 is 0 Å². The number of benzene rings is 1. The van der Waals surface area contributed by atoms with Gasteiger partial charge in [0.05, 0.1) is 6.04 Å². The Morgan fingerprint density at radius 2 is 1.79 bits per heavy atom. The highest BCUT2D eigenvalue weighted by Crippen LogP contribution is 2.21. The summed E-state index contributed by atoms with van der Waals surface area (Å²) in [7, 11) is 0. The summed E-state index contributed by atoms with van der Waals surface area (Å²) in [5.74, 6) is -1.09. The van der Waals surface area contributed by atoms with Crippen molar-refractivity contribution in [3.05, 3.63) is 30.1 Å². The molecule has 7 nitrogen and oxygen atoms in total. The van der Waals surface area contributed by atoms with E-state index in [1.165, 1.54) is 24.3 Å². The Hall–Kier alpha value is -2.48. The number of nitrogens with two attached hydrogens (primary N) is 1. The zero-order valence-electron chi connectivity index (χ0n) is 13.4. The van der Waals surface area contributed by atoms with Crippen molar-refractivity contribution in [1.29, 1.82) is 0 Å². The highest BCUT2D eigenvalue weighted by atomic mass is 19.1. The van der Waals surface area contributed by atoms with E-state index < -0.39 is 18.0 Å². The third-order valence-corrected chi connectivity index (χ3v) is 4.19. The highest BCUT2D eigenvalue weighted by molar-refractivity contribution is 5.96. The van der Waals surface area contributed by atoms with Gasteiger partial charge < -0.3 is 11.1 Å². The molecule has 1 saturated heterocycles. The Kier molecular flexibility index (Phi) is 5.86. The van der Waals surface area contributed by atoms with Crippen LogP contribution in [0, 0.1) is 11.7 Å². The third-order valence-electron chi connectivity index (χ3n) is 4.19. The Labute approximate surface area is 139 Å². The van der Waals surface area contributed by atoms with Crippen molar-refractivity contribution in [2.75, 3.05) is 18.4 Å². The van der Waals surface area contributed by atoms with Gasteiger partial charge in [-0.05, 0) is 57.1 Å². The second-order valence-electron chi connectivity index (χ2n) is 5.84. The number of likely N-dealkylation sites (tertiary alicyclic amines) is 1. The molecular weight excluding hydrogens is 315 g/mol. The number of hydrogen-bond acceptors (Lipinski definition) is 4. The summed E-state index contributed by atoms with van der Waals surface area (Å²) in [5.41, 5.74) is 5.49. The molecule has 0 spiro atoms. The number of urea groups is 1. The van der Waals surface area contributed by atoms with Crippen molar-refractivity contribution in [2.24, 2.45) is 11.7 Å². The van der Waals surface area contributed by atoms with Crippen LogP contribution in [0.1, 0.15) is 19.8 Å². The molecule has 0 aromatic heterocycles. The second kappa shape index (κ2) is 7.87. The smallest absolute Gasteiger partial charge is 0.318 e. The minimum Gasteiger partial charge on any atom is -0.351 e. The molecule has 1 atom stereocenters. The molecule has 4 amide bonds. The van der Waals surface area contributed by atoms with Gasteiger partial charge in [-0.2, -0.15) is 0 Å². The number of halogens is 1. The average molecular weight is 336 g/mol. The number of piperidine rings is 1. The van der Waals surface area contributed by atoms with Gasteiger partial charge in [0.1, 0.15) is 5.82 Å². The Morgan fingerprint density at radius 1 is 1.21 bits per heavy atom. The van der Waals surface area contributed by atoms with E-state index in [1.807, 2.05) is 4.90 Å². The van der Waals surface area contributed by atoms with Crippen LogP contribution in [0.5, 0.6) is 0 Å². The number of carbonyl (C=O) groups is 3. The number of nitrogens with one attached hydrogen (secondary N) is 2. The van der Waals surface area contributed by atoms with Gasteiger partial charge in [-0.25, -0.2) is 9.18 Å². The number of primary amides is 1. The second-order valence-corrected chi connectivity index (χ2v) is 5.84. The fourth-order valence-electron chi connectivity index (χ4n) is 2.72. The monoisotopic (exact) mass is 336 g/mol. The van der Waals surface area contributed by atoms with Crippen molar-refractivity contribution < 1.29 is 18.8 Å². The van der Waals surface area contributed by atoms with Crippen molar-refractivity contribution in [2.45, 2.75) is 25.8 Å². The van der Waals surface area contributed by atoms with E-state index in [2.05, 4.69) is 10.6 Å². The Balaban J connectivity index is 1.83. The van der Waals surface area contributed by atoms with Gasteiger partial charge >= 0.3 is 6.03 Å². The van der Waals surface area contributed by atoms with Crippen LogP contribution in [-0.4, -0.2) is 41.9 Å². The lowest BCUT2D eigenvalue weighted by molar-refractivity contribution is -0.126. The first kappa shape index (κ1) is 17.9. The Bertz CT molecular complexity index is 612. The van der Waals surface area contributed by atoms with E-state index in [-0.39, 0.29) is 17.6 Å². The predicted molar refractivity (Wildman–Crippen MR) is 86.5 cm³/mol. The molecule has 1 aliphatic rings.